The number of halogens is 1. The SMILES string of the molecule is CC(C)(CCCCl)CNC(=O)C1CCSC1. The summed E-state index contributed by atoms with van der Waals surface area (Å²) in [6, 6.07) is 0. The highest BCUT2D eigenvalue weighted by molar-refractivity contribution is 7.99. The van der Waals surface area contributed by atoms with E-state index in [4.69, 9.17) is 11.6 Å². The quantitative estimate of drug-likeness (QED) is 0.747. The van der Waals surface area contributed by atoms with Crippen LogP contribution in [-0.2, 0) is 4.79 Å². The Balaban J connectivity index is 2.24. The van der Waals surface area contributed by atoms with E-state index in [1.54, 1.807) is 0 Å². The molecule has 16 heavy (non-hydrogen) atoms. The fourth-order valence-electron chi connectivity index (χ4n) is 1.85. The highest BCUT2D eigenvalue weighted by atomic mass is 35.5. The minimum Gasteiger partial charge on any atom is -0.355 e. The van der Waals surface area contributed by atoms with Gasteiger partial charge in [-0.15, -0.1) is 11.6 Å². The van der Waals surface area contributed by atoms with Crippen molar-refractivity contribution in [3.8, 4) is 0 Å². The van der Waals surface area contributed by atoms with Crippen molar-refractivity contribution >= 4 is 29.3 Å². The normalized spacial score (nSPS) is 21.1. The summed E-state index contributed by atoms with van der Waals surface area (Å²) in [6.07, 6.45) is 3.12. The molecule has 1 unspecified atom stereocenters. The first kappa shape index (κ1) is 14.2. The van der Waals surface area contributed by atoms with Gasteiger partial charge in [0.25, 0.3) is 0 Å². The zero-order valence-electron chi connectivity index (χ0n) is 10.2. The van der Waals surface area contributed by atoms with Crippen LogP contribution < -0.4 is 5.32 Å². The van der Waals surface area contributed by atoms with Crippen LogP contribution in [0.1, 0.15) is 33.1 Å². The average molecular weight is 264 g/mol. The van der Waals surface area contributed by atoms with E-state index < -0.39 is 0 Å². The van der Waals surface area contributed by atoms with E-state index in [2.05, 4.69) is 19.2 Å². The fraction of sp³-hybridized carbons (Fsp3) is 0.917. The summed E-state index contributed by atoms with van der Waals surface area (Å²) in [5.74, 6) is 3.32. The Morgan fingerprint density at radius 1 is 1.56 bits per heavy atom. The van der Waals surface area contributed by atoms with Crippen LogP contribution in [0.2, 0.25) is 0 Å². The molecule has 0 saturated carbocycles. The molecule has 2 nitrogen and oxygen atoms in total. The van der Waals surface area contributed by atoms with Crippen molar-refractivity contribution in [2.45, 2.75) is 33.1 Å². The van der Waals surface area contributed by atoms with E-state index in [1.807, 2.05) is 11.8 Å². The Bertz CT molecular complexity index is 227. The number of amides is 1. The lowest BCUT2D eigenvalue weighted by molar-refractivity contribution is -0.124. The number of alkyl halides is 1. The highest BCUT2D eigenvalue weighted by Gasteiger charge is 2.25. The van der Waals surface area contributed by atoms with Crippen molar-refractivity contribution < 1.29 is 4.79 Å². The second-order valence-electron chi connectivity index (χ2n) is 5.24. The molecule has 0 spiro atoms. The monoisotopic (exact) mass is 263 g/mol. The first-order chi connectivity index (χ1) is 7.55. The molecule has 1 atom stereocenters. The molecule has 1 aliphatic rings. The molecule has 0 aromatic rings. The van der Waals surface area contributed by atoms with Gasteiger partial charge in [-0.3, -0.25) is 4.79 Å². The van der Waals surface area contributed by atoms with E-state index in [-0.39, 0.29) is 17.2 Å². The third kappa shape index (κ3) is 4.96. The molecule has 94 valence electrons. The molecule has 1 amide bonds. The number of thioether (sulfide) groups is 1. The van der Waals surface area contributed by atoms with E-state index >= 15 is 0 Å². The van der Waals surface area contributed by atoms with Crippen LogP contribution >= 0.6 is 23.4 Å². The number of nitrogens with one attached hydrogen (secondary N) is 1. The topological polar surface area (TPSA) is 29.1 Å². The largest absolute Gasteiger partial charge is 0.355 e. The summed E-state index contributed by atoms with van der Waals surface area (Å²) in [5, 5.41) is 3.08. The van der Waals surface area contributed by atoms with Gasteiger partial charge >= 0.3 is 0 Å². The van der Waals surface area contributed by atoms with Gasteiger partial charge in [0.1, 0.15) is 0 Å². The molecular formula is C12H22ClNOS. The maximum atomic E-state index is 11.8. The molecule has 0 aromatic heterocycles. The van der Waals surface area contributed by atoms with Gasteiger partial charge in [-0.05, 0) is 30.4 Å². The smallest absolute Gasteiger partial charge is 0.223 e. The number of carbonyl (C=O) groups is 1. The van der Waals surface area contributed by atoms with Crippen molar-refractivity contribution in [2.24, 2.45) is 11.3 Å². The van der Waals surface area contributed by atoms with Gasteiger partial charge in [0.15, 0.2) is 0 Å². The van der Waals surface area contributed by atoms with Gasteiger partial charge in [-0.25, -0.2) is 0 Å². The first-order valence-electron chi connectivity index (χ1n) is 5.96. The van der Waals surface area contributed by atoms with Gasteiger partial charge in [0.2, 0.25) is 5.91 Å². The van der Waals surface area contributed by atoms with Crippen molar-refractivity contribution in [2.75, 3.05) is 23.9 Å². The number of hydrogen-bond donors (Lipinski definition) is 1. The average Bonchev–Trinajstić information content (AvgIpc) is 2.77. The van der Waals surface area contributed by atoms with E-state index in [1.165, 1.54) is 0 Å². The van der Waals surface area contributed by atoms with Crippen LogP contribution in [0.4, 0.5) is 0 Å². The van der Waals surface area contributed by atoms with Crippen LogP contribution in [-0.4, -0.2) is 29.8 Å². The minimum atomic E-state index is 0.163. The van der Waals surface area contributed by atoms with Crippen LogP contribution in [0.5, 0.6) is 0 Å². The first-order valence-corrected chi connectivity index (χ1v) is 7.65. The predicted molar refractivity (Wildman–Crippen MR) is 72.2 cm³/mol. The van der Waals surface area contributed by atoms with Crippen LogP contribution in [0.3, 0.4) is 0 Å². The predicted octanol–water partition coefficient (Wildman–Crippen LogP) is 2.90. The Morgan fingerprint density at radius 2 is 2.31 bits per heavy atom. The third-order valence-corrected chi connectivity index (χ3v) is 4.46. The Morgan fingerprint density at radius 3 is 2.88 bits per heavy atom. The number of carbonyl (C=O) groups excluding carboxylic acids is 1. The zero-order valence-corrected chi connectivity index (χ0v) is 11.8. The van der Waals surface area contributed by atoms with Crippen molar-refractivity contribution in [3.05, 3.63) is 0 Å². The van der Waals surface area contributed by atoms with Gasteiger partial charge in [0, 0.05) is 24.1 Å². The number of rotatable bonds is 6. The molecule has 1 heterocycles. The Kier molecular flexibility index (Phi) is 5.98. The molecule has 4 heteroatoms. The second-order valence-corrected chi connectivity index (χ2v) is 6.76. The van der Waals surface area contributed by atoms with Crippen molar-refractivity contribution in [1.82, 2.24) is 5.32 Å². The van der Waals surface area contributed by atoms with Crippen LogP contribution in [0.25, 0.3) is 0 Å². The summed E-state index contributed by atoms with van der Waals surface area (Å²) in [4.78, 5) is 11.8. The maximum Gasteiger partial charge on any atom is 0.223 e. The Labute approximate surface area is 108 Å². The van der Waals surface area contributed by atoms with Gasteiger partial charge in [0.05, 0.1) is 0 Å². The molecule has 1 saturated heterocycles. The summed E-state index contributed by atoms with van der Waals surface area (Å²) in [6.45, 7) is 5.14. The van der Waals surface area contributed by atoms with Crippen molar-refractivity contribution in [3.63, 3.8) is 0 Å². The van der Waals surface area contributed by atoms with Gasteiger partial charge < -0.3 is 5.32 Å². The molecule has 1 aliphatic heterocycles. The van der Waals surface area contributed by atoms with E-state index in [9.17, 15) is 4.79 Å². The summed E-state index contributed by atoms with van der Waals surface area (Å²) in [5.41, 5.74) is 0.163. The highest BCUT2D eigenvalue weighted by Crippen LogP contribution is 2.25. The lowest BCUT2D eigenvalue weighted by Gasteiger charge is -2.25. The number of hydrogen-bond acceptors (Lipinski definition) is 2. The van der Waals surface area contributed by atoms with Gasteiger partial charge in [-0.1, -0.05) is 13.8 Å². The summed E-state index contributed by atoms with van der Waals surface area (Å²) in [7, 11) is 0. The molecule has 0 radical (unpaired) electrons. The standard InChI is InChI=1S/C12H22ClNOS/c1-12(2,5-3-6-13)9-14-11(15)10-4-7-16-8-10/h10H,3-9H2,1-2H3,(H,14,15). The van der Waals surface area contributed by atoms with Crippen molar-refractivity contribution in [1.29, 1.82) is 0 Å². The van der Waals surface area contributed by atoms with Crippen LogP contribution in [0, 0.1) is 11.3 Å². The summed E-state index contributed by atoms with van der Waals surface area (Å²) >= 11 is 7.56. The molecular weight excluding hydrogens is 242 g/mol. The molecule has 1 N–H and O–H groups in total. The van der Waals surface area contributed by atoms with E-state index in [0.29, 0.717) is 5.88 Å². The molecule has 0 aromatic carbocycles. The zero-order chi connectivity index (χ0) is 12.0. The molecule has 1 fully saturated rings. The lowest BCUT2D eigenvalue weighted by atomic mass is 9.88. The minimum absolute atomic E-state index is 0.163. The maximum absolute atomic E-state index is 11.8. The molecule has 0 bridgehead atoms. The summed E-state index contributed by atoms with van der Waals surface area (Å²) < 4.78 is 0. The fourth-order valence-corrected chi connectivity index (χ4v) is 3.20. The molecule has 1 rings (SSSR count). The molecule has 0 aliphatic carbocycles. The van der Waals surface area contributed by atoms with E-state index in [0.717, 1.165) is 37.3 Å². The third-order valence-electron chi connectivity index (χ3n) is 3.03. The Hall–Kier alpha value is 0.110. The van der Waals surface area contributed by atoms with Crippen LogP contribution in [0.15, 0.2) is 0 Å². The second kappa shape index (κ2) is 6.75. The lowest BCUT2D eigenvalue weighted by Crippen LogP contribution is -2.37. The van der Waals surface area contributed by atoms with Gasteiger partial charge in [-0.2, -0.15) is 11.8 Å².